The number of aliphatic carboxylic acids is 1. The Balaban J connectivity index is 1.82. The van der Waals surface area contributed by atoms with Crippen LogP contribution in [0.15, 0.2) is 42.7 Å². The van der Waals surface area contributed by atoms with E-state index in [-0.39, 0.29) is 17.9 Å². The van der Waals surface area contributed by atoms with Crippen LogP contribution in [0.25, 0.3) is 0 Å². The molecular weight excluding hydrogens is 514 g/mol. The zero-order chi connectivity index (χ0) is 29.4. The first-order valence-electron chi connectivity index (χ1n) is 13.3. The monoisotopic (exact) mass is 553 g/mol. The summed E-state index contributed by atoms with van der Waals surface area (Å²) in [5.41, 5.74) is 4.01. The first-order valence-corrected chi connectivity index (χ1v) is 13.3. The van der Waals surface area contributed by atoms with E-state index in [0.717, 1.165) is 23.5 Å². The predicted octanol–water partition coefficient (Wildman–Crippen LogP) is 5.05. The number of nitrogens with one attached hydrogen (secondary N) is 3. The van der Waals surface area contributed by atoms with E-state index in [1.165, 1.54) is 37.5 Å². The standard InChI is InChI=1S/C30H39N3O7/c1-17(2)40-20(5)27(29(35)36)32-28(34)24-10-9-23(39-12-11-38-6)16-25(24)31-30(37)33-26-18(3)13-22(14-19(26)4)15-21-7-8-21/h9-10,13-14,16,20-21,27H,1,7-8,11-12,15H2,2-6H3,(H,32,34)(H,35,36)(H2,31,33,37)/t20-,27+/m1/s1. The molecule has 0 unspecified atom stereocenters. The SMILES string of the molecule is C=C(C)O[C@H](C)[C@H](NC(=O)c1ccc(OCCOC)cc1NC(=O)Nc1c(C)cc(CC2CC2)cc1C)C(=O)O. The Morgan fingerprint density at radius 3 is 2.33 bits per heavy atom. The van der Waals surface area contributed by atoms with Crippen molar-refractivity contribution in [3.05, 3.63) is 64.9 Å². The molecule has 0 heterocycles. The van der Waals surface area contributed by atoms with E-state index in [9.17, 15) is 19.5 Å². The molecule has 0 aromatic heterocycles. The van der Waals surface area contributed by atoms with Crippen molar-refractivity contribution in [2.24, 2.45) is 5.92 Å². The lowest BCUT2D eigenvalue weighted by Gasteiger charge is -2.23. The maximum atomic E-state index is 13.2. The van der Waals surface area contributed by atoms with Gasteiger partial charge in [-0.15, -0.1) is 0 Å². The Kier molecular flexibility index (Phi) is 10.6. The van der Waals surface area contributed by atoms with Crippen molar-refractivity contribution in [1.29, 1.82) is 0 Å². The van der Waals surface area contributed by atoms with Gasteiger partial charge < -0.3 is 35.3 Å². The van der Waals surface area contributed by atoms with E-state index in [1.807, 2.05) is 13.8 Å². The van der Waals surface area contributed by atoms with Crippen LogP contribution in [0.5, 0.6) is 5.75 Å². The third-order valence-corrected chi connectivity index (χ3v) is 6.50. The highest BCUT2D eigenvalue weighted by Gasteiger charge is 2.29. The van der Waals surface area contributed by atoms with Crippen molar-refractivity contribution in [2.45, 2.75) is 59.1 Å². The molecule has 2 aromatic carbocycles. The van der Waals surface area contributed by atoms with E-state index in [1.54, 1.807) is 20.1 Å². The van der Waals surface area contributed by atoms with Crippen LogP contribution < -0.4 is 20.7 Å². The molecule has 1 aliphatic rings. The smallest absolute Gasteiger partial charge is 0.330 e. The van der Waals surface area contributed by atoms with Gasteiger partial charge in [0.25, 0.3) is 5.91 Å². The summed E-state index contributed by atoms with van der Waals surface area (Å²) in [4.78, 5) is 38.2. The van der Waals surface area contributed by atoms with Crippen LogP contribution in [0.1, 0.15) is 53.7 Å². The van der Waals surface area contributed by atoms with E-state index >= 15 is 0 Å². The average molecular weight is 554 g/mol. The first-order chi connectivity index (χ1) is 19.0. The minimum absolute atomic E-state index is 0.0521. The Morgan fingerprint density at radius 1 is 1.07 bits per heavy atom. The highest BCUT2D eigenvalue weighted by atomic mass is 16.5. The fraction of sp³-hybridized carbons (Fsp3) is 0.433. The molecule has 0 radical (unpaired) electrons. The second-order valence-electron chi connectivity index (χ2n) is 10.2. The van der Waals surface area contributed by atoms with Gasteiger partial charge in [0.1, 0.15) is 18.5 Å². The quantitative estimate of drug-likeness (QED) is 0.190. The maximum Gasteiger partial charge on any atom is 0.330 e. The van der Waals surface area contributed by atoms with E-state index in [2.05, 4.69) is 34.7 Å². The van der Waals surface area contributed by atoms with Crippen LogP contribution in [-0.2, 0) is 20.7 Å². The summed E-state index contributed by atoms with van der Waals surface area (Å²) in [6.45, 7) is 11.2. The molecule has 0 aliphatic heterocycles. The maximum absolute atomic E-state index is 13.2. The number of amides is 3. The number of hydrogen-bond acceptors (Lipinski definition) is 6. The Hall–Kier alpha value is -4.05. The fourth-order valence-electron chi connectivity index (χ4n) is 4.43. The minimum Gasteiger partial charge on any atom is -0.493 e. The van der Waals surface area contributed by atoms with Gasteiger partial charge in [0, 0.05) is 18.9 Å². The molecule has 1 saturated carbocycles. The average Bonchev–Trinajstić information content (AvgIpc) is 3.68. The number of carbonyl (C=O) groups is 3. The Labute approximate surface area is 235 Å². The number of benzene rings is 2. The van der Waals surface area contributed by atoms with Crippen LogP contribution >= 0.6 is 0 Å². The third-order valence-electron chi connectivity index (χ3n) is 6.50. The molecule has 3 amide bonds. The summed E-state index contributed by atoms with van der Waals surface area (Å²) < 4.78 is 16.1. The molecule has 4 N–H and O–H groups in total. The number of carboxylic acids is 1. The van der Waals surface area contributed by atoms with E-state index in [0.29, 0.717) is 23.8 Å². The van der Waals surface area contributed by atoms with Gasteiger partial charge in [-0.05, 0) is 81.7 Å². The molecule has 1 aliphatic carbocycles. The normalized spacial score (nSPS) is 14.0. The number of ether oxygens (including phenoxy) is 3. The molecule has 10 nitrogen and oxygen atoms in total. The predicted molar refractivity (Wildman–Crippen MR) is 153 cm³/mol. The number of anilines is 2. The summed E-state index contributed by atoms with van der Waals surface area (Å²) in [5.74, 6) is -0.518. The zero-order valence-corrected chi connectivity index (χ0v) is 23.8. The van der Waals surface area contributed by atoms with Gasteiger partial charge in [0.15, 0.2) is 6.04 Å². The molecule has 1 fully saturated rings. The zero-order valence-electron chi connectivity index (χ0n) is 23.8. The minimum atomic E-state index is -1.36. The number of rotatable bonds is 14. The summed E-state index contributed by atoms with van der Waals surface area (Å²) in [6, 6.07) is 6.78. The lowest BCUT2D eigenvalue weighted by atomic mass is 10.0. The van der Waals surface area contributed by atoms with Crippen LogP contribution in [0.3, 0.4) is 0 Å². The molecule has 0 saturated heterocycles. The number of methoxy groups -OCH3 is 1. The number of allylic oxidation sites excluding steroid dienone is 1. The van der Waals surface area contributed by atoms with Gasteiger partial charge in [-0.25, -0.2) is 9.59 Å². The van der Waals surface area contributed by atoms with Crippen molar-refractivity contribution in [3.8, 4) is 5.75 Å². The summed E-state index contributed by atoms with van der Waals surface area (Å²) in [6.07, 6.45) is 2.68. The van der Waals surface area contributed by atoms with Gasteiger partial charge in [-0.3, -0.25) is 4.79 Å². The number of hydrogen-bond donors (Lipinski definition) is 4. The largest absolute Gasteiger partial charge is 0.493 e. The second-order valence-corrected chi connectivity index (χ2v) is 10.2. The Morgan fingerprint density at radius 2 is 1.75 bits per heavy atom. The van der Waals surface area contributed by atoms with Crippen molar-refractivity contribution < 1.29 is 33.7 Å². The highest BCUT2D eigenvalue weighted by molar-refractivity contribution is 6.07. The van der Waals surface area contributed by atoms with Crippen molar-refractivity contribution in [1.82, 2.24) is 5.32 Å². The van der Waals surface area contributed by atoms with Gasteiger partial charge in [0.05, 0.1) is 23.6 Å². The molecule has 2 atom stereocenters. The topological polar surface area (TPSA) is 135 Å². The number of aryl methyl sites for hydroxylation is 2. The van der Waals surface area contributed by atoms with Crippen LogP contribution in [0.4, 0.5) is 16.2 Å². The summed E-state index contributed by atoms with van der Waals surface area (Å²) in [7, 11) is 1.55. The van der Waals surface area contributed by atoms with Gasteiger partial charge in [0.2, 0.25) is 0 Å². The molecule has 2 aromatic rings. The lowest BCUT2D eigenvalue weighted by Crippen LogP contribution is -2.48. The number of urea groups is 1. The molecule has 0 spiro atoms. The van der Waals surface area contributed by atoms with E-state index < -0.39 is 30.1 Å². The third kappa shape index (κ3) is 8.74. The number of carbonyl (C=O) groups excluding carboxylic acids is 2. The summed E-state index contributed by atoms with van der Waals surface area (Å²) >= 11 is 0. The van der Waals surface area contributed by atoms with Crippen molar-refractivity contribution >= 4 is 29.3 Å². The molecular formula is C30H39N3O7. The molecule has 10 heteroatoms. The van der Waals surface area contributed by atoms with Crippen molar-refractivity contribution in [2.75, 3.05) is 31.0 Å². The Bertz CT molecular complexity index is 1230. The summed E-state index contributed by atoms with van der Waals surface area (Å²) in [5, 5.41) is 17.8. The number of carboxylic acid groups (broad SMARTS) is 1. The second kappa shape index (κ2) is 13.8. The van der Waals surface area contributed by atoms with Gasteiger partial charge in [-0.2, -0.15) is 0 Å². The highest BCUT2D eigenvalue weighted by Crippen LogP contribution is 2.34. The fourth-order valence-corrected chi connectivity index (χ4v) is 4.43. The lowest BCUT2D eigenvalue weighted by molar-refractivity contribution is -0.142. The molecule has 0 bridgehead atoms. The van der Waals surface area contributed by atoms with E-state index in [4.69, 9.17) is 14.2 Å². The van der Waals surface area contributed by atoms with Gasteiger partial charge >= 0.3 is 12.0 Å². The molecule has 216 valence electrons. The first kappa shape index (κ1) is 30.5. The van der Waals surface area contributed by atoms with Crippen molar-refractivity contribution in [3.63, 3.8) is 0 Å². The van der Waals surface area contributed by atoms with Crippen LogP contribution in [0.2, 0.25) is 0 Å². The molecule has 3 rings (SSSR count). The molecule has 40 heavy (non-hydrogen) atoms. The van der Waals surface area contributed by atoms with Crippen LogP contribution in [0, 0.1) is 19.8 Å². The van der Waals surface area contributed by atoms with Crippen LogP contribution in [-0.4, -0.2) is 55.5 Å². The van der Waals surface area contributed by atoms with Gasteiger partial charge in [-0.1, -0.05) is 18.7 Å².